The number of allylic oxidation sites excluding steroid dienone is 2. The van der Waals surface area contributed by atoms with Crippen LogP contribution in [0, 0.1) is 11.8 Å². The third kappa shape index (κ3) is 5.69. The van der Waals surface area contributed by atoms with E-state index in [0.717, 1.165) is 5.92 Å². The molecule has 2 aliphatic carbocycles. The van der Waals surface area contributed by atoms with Crippen LogP contribution in [0.4, 0.5) is 0 Å². The minimum absolute atomic E-state index is 0.0645. The maximum atomic E-state index is 9.18. The maximum absolute atomic E-state index is 9.18. The first-order valence-corrected chi connectivity index (χ1v) is 7.05. The Hall–Kier alpha value is -0.300. The van der Waals surface area contributed by atoms with Crippen LogP contribution < -0.4 is 0 Å². The summed E-state index contributed by atoms with van der Waals surface area (Å²) in [5.74, 6) is 1.47. The molecule has 0 aromatic rings. The van der Waals surface area contributed by atoms with Crippen LogP contribution in [0.2, 0.25) is 0 Å². The quantitative estimate of drug-likeness (QED) is 0.658. The SMILES string of the molecule is CC(O)C1CCCCC1.CC1C=CCCC1. The van der Waals surface area contributed by atoms with Gasteiger partial charge in [0, 0.05) is 0 Å². The first-order valence-electron chi connectivity index (χ1n) is 7.05. The molecule has 1 N–H and O–H groups in total. The topological polar surface area (TPSA) is 20.2 Å². The van der Waals surface area contributed by atoms with Crippen LogP contribution in [0.1, 0.15) is 65.2 Å². The molecule has 0 aromatic carbocycles. The number of hydrogen-bond donors (Lipinski definition) is 1. The van der Waals surface area contributed by atoms with E-state index in [9.17, 15) is 5.11 Å². The Bertz CT molecular complexity index is 190. The Morgan fingerprint density at radius 2 is 1.75 bits per heavy atom. The predicted molar refractivity (Wildman–Crippen MR) is 70.4 cm³/mol. The van der Waals surface area contributed by atoms with Gasteiger partial charge in [-0.2, -0.15) is 0 Å². The summed E-state index contributed by atoms with van der Waals surface area (Å²) in [5.41, 5.74) is 0. The lowest BCUT2D eigenvalue weighted by Crippen LogP contribution is -2.19. The van der Waals surface area contributed by atoms with Gasteiger partial charge in [-0.15, -0.1) is 0 Å². The van der Waals surface area contributed by atoms with E-state index in [1.165, 1.54) is 51.4 Å². The normalized spacial score (nSPS) is 28.1. The second-order valence-electron chi connectivity index (χ2n) is 5.48. The molecular weight excluding hydrogens is 196 g/mol. The van der Waals surface area contributed by atoms with Crippen LogP contribution in [-0.4, -0.2) is 11.2 Å². The van der Waals surface area contributed by atoms with E-state index in [1.54, 1.807) is 0 Å². The van der Waals surface area contributed by atoms with Crippen LogP contribution in [-0.2, 0) is 0 Å². The highest BCUT2D eigenvalue weighted by Crippen LogP contribution is 2.25. The number of aliphatic hydroxyl groups is 1. The largest absolute Gasteiger partial charge is 0.393 e. The molecule has 0 amide bonds. The standard InChI is InChI=1S/C8H16O.C7H12/c1-7(9)8-5-3-2-4-6-8;1-7-5-3-2-4-6-7/h7-9H,2-6H2,1H3;3,5,7H,2,4,6H2,1H3. The van der Waals surface area contributed by atoms with Gasteiger partial charge in [-0.25, -0.2) is 0 Å². The van der Waals surface area contributed by atoms with Gasteiger partial charge < -0.3 is 5.11 Å². The molecule has 1 fully saturated rings. The molecule has 1 saturated carbocycles. The van der Waals surface area contributed by atoms with Crippen molar-refractivity contribution in [3.05, 3.63) is 12.2 Å². The van der Waals surface area contributed by atoms with E-state index in [4.69, 9.17) is 0 Å². The van der Waals surface area contributed by atoms with Gasteiger partial charge in [0.1, 0.15) is 0 Å². The molecule has 2 atom stereocenters. The second kappa shape index (κ2) is 7.89. The summed E-state index contributed by atoms with van der Waals surface area (Å²) in [4.78, 5) is 0. The Morgan fingerprint density at radius 3 is 2.06 bits per heavy atom. The molecule has 2 rings (SSSR count). The van der Waals surface area contributed by atoms with Crippen molar-refractivity contribution in [3.63, 3.8) is 0 Å². The summed E-state index contributed by atoms with van der Waals surface area (Å²) >= 11 is 0. The molecule has 94 valence electrons. The Labute approximate surface area is 101 Å². The monoisotopic (exact) mass is 224 g/mol. The van der Waals surface area contributed by atoms with Crippen LogP contribution in [0.3, 0.4) is 0 Å². The number of rotatable bonds is 1. The fraction of sp³-hybridized carbons (Fsp3) is 0.867. The van der Waals surface area contributed by atoms with Gasteiger partial charge in [0.2, 0.25) is 0 Å². The third-order valence-electron chi connectivity index (χ3n) is 3.83. The minimum Gasteiger partial charge on any atom is -0.393 e. The van der Waals surface area contributed by atoms with E-state index in [2.05, 4.69) is 19.1 Å². The predicted octanol–water partition coefficient (Wildman–Crippen LogP) is 4.31. The summed E-state index contributed by atoms with van der Waals surface area (Å²) in [6.07, 6.45) is 15.2. The molecule has 16 heavy (non-hydrogen) atoms. The average Bonchev–Trinajstić information content (AvgIpc) is 2.32. The molecule has 2 unspecified atom stereocenters. The van der Waals surface area contributed by atoms with Gasteiger partial charge in [-0.05, 0) is 50.9 Å². The first kappa shape index (κ1) is 13.8. The molecule has 0 saturated heterocycles. The van der Waals surface area contributed by atoms with Crippen molar-refractivity contribution in [1.29, 1.82) is 0 Å². The molecule has 0 radical (unpaired) electrons. The van der Waals surface area contributed by atoms with Crippen molar-refractivity contribution >= 4 is 0 Å². The van der Waals surface area contributed by atoms with Crippen molar-refractivity contribution in [2.45, 2.75) is 71.3 Å². The van der Waals surface area contributed by atoms with Gasteiger partial charge in [-0.1, -0.05) is 38.3 Å². The summed E-state index contributed by atoms with van der Waals surface area (Å²) in [6, 6.07) is 0. The van der Waals surface area contributed by atoms with E-state index in [1.807, 2.05) is 6.92 Å². The first-order chi connectivity index (χ1) is 7.70. The minimum atomic E-state index is -0.0645. The summed E-state index contributed by atoms with van der Waals surface area (Å²) in [5, 5.41) is 9.18. The lowest BCUT2D eigenvalue weighted by molar-refractivity contribution is 0.101. The van der Waals surface area contributed by atoms with E-state index in [0.29, 0.717) is 5.92 Å². The van der Waals surface area contributed by atoms with Crippen molar-refractivity contribution in [2.75, 3.05) is 0 Å². The molecule has 0 bridgehead atoms. The highest BCUT2D eigenvalue weighted by Gasteiger charge is 2.17. The van der Waals surface area contributed by atoms with Crippen LogP contribution in [0.15, 0.2) is 12.2 Å². The molecule has 0 spiro atoms. The van der Waals surface area contributed by atoms with E-state index < -0.39 is 0 Å². The third-order valence-corrected chi connectivity index (χ3v) is 3.83. The fourth-order valence-electron chi connectivity index (χ4n) is 2.60. The zero-order valence-electron chi connectivity index (χ0n) is 11.0. The van der Waals surface area contributed by atoms with E-state index >= 15 is 0 Å². The van der Waals surface area contributed by atoms with Gasteiger partial charge in [-0.3, -0.25) is 0 Å². The van der Waals surface area contributed by atoms with Crippen molar-refractivity contribution in [2.24, 2.45) is 11.8 Å². The summed E-state index contributed by atoms with van der Waals surface area (Å²) < 4.78 is 0. The molecule has 0 aromatic heterocycles. The maximum Gasteiger partial charge on any atom is 0.0540 e. The summed E-state index contributed by atoms with van der Waals surface area (Å²) in [7, 11) is 0. The summed E-state index contributed by atoms with van der Waals surface area (Å²) in [6.45, 7) is 4.19. The highest BCUT2D eigenvalue weighted by molar-refractivity contribution is 4.90. The second-order valence-corrected chi connectivity index (χ2v) is 5.48. The highest BCUT2D eigenvalue weighted by atomic mass is 16.3. The van der Waals surface area contributed by atoms with Crippen molar-refractivity contribution in [1.82, 2.24) is 0 Å². The molecule has 2 aliphatic rings. The van der Waals surface area contributed by atoms with Crippen molar-refractivity contribution < 1.29 is 5.11 Å². The lowest BCUT2D eigenvalue weighted by Gasteiger charge is -2.23. The zero-order valence-corrected chi connectivity index (χ0v) is 11.0. The van der Waals surface area contributed by atoms with Crippen LogP contribution in [0.25, 0.3) is 0 Å². The molecule has 1 heteroatoms. The van der Waals surface area contributed by atoms with Gasteiger partial charge in [0.25, 0.3) is 0 Å². The van der Waals surface area contributed by atoms with E-state index in [-0.39, 0.29) is 6.10 Å². The Morgan fingerprint density at radius 1 is 1.06 bits per heavy atom. The van der Waals surface area contributed by atoms with Gasteiger partial charge in [0.15, 0.2) is 0 Å². The molecule has 0 heterocycles. The van der Waals surface area contributed by atoms with Gasteiger partial charge in [0.05, 0.1) is 6.10 Å². The van der Waals surface area contributed by atoms with Gasteiger partial charge >= 0.3 is 0 Å². The number of hydrogen-bond acceptors (Lipinski definition) is 1. The average molecular weight is 224 g/mol. The molecule has 1 nitrogen and oxygen atoms in total. The Kier molecular flexibility index (Phi) is 6.79. The van der Waals surface area contributed by atoms with Crippen LogP contribution >= 0.6 is 0 Å². The van der Waals surface area contributed by atoms with Crippen LogP contribution in [0.5, 0.6) is 0 Å². The zero-order chi connectivity index (χ0) is 11.8. The molecule has 0 aliphatic heterocycles. The fourth-order valence-corrected chi connectivity index (χ4v) is 2.60. The van der Waals surface area contributed by atoms with Crippen molar-refractivity contribution in [3.8, 4) is 0 Å². The lowest BCUT2D eigenvalue weighted by atomic mass is 9.86. The molecular formula is C15H28O. The Balaban J connectivity index is 0.000000165. The smallest absolute Gasteiger partial charge is 0.0540 e. The number of aliphatic hydroxyl groups excluding tert-OH is 1.